The van der Waals surface area contributed by atoms with Crippen LogP contribution in [0.5, 0.6) is 11.5 Å². The van der Waals surface area contributed by atoms with Crippen molar-refractivity contribution < 1.29 is 23.8 Å². The van der Waals surface area contributed by atoms with Crippen molar-refractivity contribution in [2.75, 3.05) is 7.11 Å². The number of aromatic nitrogens is 3. The van der Waals surface area contributed by atoms with E-state index in [0.717, 1.165) is 28.2 Å². The summed E-state index contributed by atoms with van der Waals surface area (Å²) in [5, 5.41) is 17.9. The van der Waals surface area contributed by atoms with E-state index in [9.17, 15) is 14.3 Å². The van der Waals surface area contributed by atoms with Gasteiger partial charge in [0.15, 0.2) is 0 Å². The number of nitrogens with zero attached hydrogens (tertiary/aromatic N) is 3. The van der Waals surface area contributed by atoms with Crippen LogP contribution in [0.4, 0.5) is 4.39 Å². The molecule has 37 heavy (non-hydrogen) atoms. The Balaban J connectivity index is 0.00000320. The van der Waals surface area contributed by atoms with Gasteiger partial charge in [0.2, 0.25) is 0 Å². The van der Waals surface area contributed by atoms with Gasteiger partial charge in [0.1, 0.15) is 41.0 Å². The molecule has 1 aliphatic carbocycles. The van der Waals surface area contributed by atoms with Gasteiger partial charge in [0, 0.05) is 10.9 Å². The molecule has 0 saturated heterocycles. The SMILES string of the molecule is COc1ccc(F)c(-n2nnc(COc3cccc([C@@H](CC(=O)O)C4CC4)c3)c2-c2ccc(C)s2)c1.S. The van der Waals surface area contributed by atoms with Crippen molar-refractivity contribution in [2.24, 2.45) is 5.92 Å². The van der Waals surface area contributed by atoms with Gasteiger partial charge in [-0.05, 0) is 73.6 Å². The molecule has 0 radical (unpaired) electrons. The lowest BCUT2D eigenvalue weighted by Crippen LogP contribution is -2.08. The second kappa shape index (κ2) is 11.4. The Labute approximate surface area is 225 Å². The zero-order valence-corrected chi connectivity index (χ0v) is 22.3. The average molecular weight is 542 g/mol. The smallest absolute Gasteiger partial charge is 0.303 e. The summed E-state index contributed by atoms with van der Waals surface area (Å²) < 4.78 is 27.7. The Morgan fingerprint density at radius 2 is 2.00 bits per heavy atom. The van der Waals surface area contributed by atoms with Crippen molar-refractivity contribution in [1.29, 1.82) is 0 Å². The number of hydrogen-bond donors (Lipinski definition) is 1. The molecule has 7 nitrogen and oxygen atoms in total. The zero-order chi connectivity index (χ0) is 25.2. The van der Waals surface area contributed by atoms with Gasteiger partial charge in [0.05, 0.1) is 18.4 Å². The quantitative estimate of drug-likeness (QED) is 0.261. The Bertz CT molecular complexity index is 1400. The largest absolute Gasteiger partial charge is 0.497 e. The summed E-state index contributed by atoms with van der Waals surface area (Å²) in [5.74, 6) is 0.279. The number of carboxylic acids is 1. The number of ether oxygens (including phenoxy) is 2. The van der Waals surface area contributed by atoms with Crippen LogP contribution in [0.25, 0.3) is 16.3 Å². The van der Waals surface area contributed by atoms with E-state index in [4.69, 9.17) is 9.47 Å². The van der Waals surface area contributed by atoms with Crippen LogP contribution in [-0.2, 0) is 11.4 Å². The highest BCUT2D eigenvalue weighted by atomic mass is 32.1. The van der Waals surface area contributed by atoms with Crippen LogP contribution in [0, 0.1) is 18.7 Å². The molecule has 2 heterocycles. The standard InChI is InChI=1S/C27H26FN3O4S.H2S/c1-16-6-11-25(36-16)27-23(29-30-31(27)24-13-19(34-2)9-10-22(24)28)15-35-20-5-3-4-18(12-20)21(14-26(32)33)17-7-8-17;/h3-6,9-13,17,21H,7-8,14-15H2,1-2H3,(H,32,33);1H2/t21-;/m0./s1. The molecule has 0 amide bonds. The number of aryl methyl sites for hydroxylation is 1. The number of benzene rings is 2. The number of aliphatic carboxylic acids is 1. The predicted octanol–water partition coefficient (Wildman–Crippen LogP) is 6.11. The molecule has 2 aromatic carbocycles. The minimum absolute atomic E-state index is 0. The van der Waals surface area contributed by atoms with E-state index in [1.807, 2.05) is 43.3 Å². The molecule has 1 saturated carbocycles. The summed E-state index contributed by atoms with van der Waals surface area (Å²) in [6.07, 6.45) is 2.21. The number of carbonyl (C=O) groups is 1. The van der Waals surface area contributed by atoms with Gasteiger partial charge in [-0.1, -0.05) is 17.3 Å². The molecule has 0 unspecified atom stereocenters. The molecule has 0 aliphatic heterocycles. The molecule has 4 aromatic rings. The minimum atomic E-state index is -0.796. The first-order valence-electron chi connectivity index (χ1n) is 11.7. The van der Waals surface area contributed by atoms with Gasteiger partial charge in [-0.2, -0.15) is 13.5 Å². The lowest BCUT2D eigenvalue weighted by atomic mass is 9.91. The summed E-state index contributed by atoms with van der Waals surface area (Å²) in [4.78, 5) is 13.4. The lowest BCUT2D eigenvalue weighted by Gasteiger charge is -2.16. The number of thiophene rings is 1. The first kappa shape index (κ1) is 26.7. The topological polar surface area (TPSA) is 86.5 Å². The van der Waals surface area contributed by atoms with Gasteiger partial charge < -0.3 is 14.6 Å². The fraction of sp³-hybridized carbons (Fsp3) is 0.296. The van der Waals surface area contributed by atoms with E-state index in [1.165, 1.54) is 17.9 Å². The highest BCUT2D eigenvalue weighted by Crippen LogP contribution is 2.45. The third-order valence-electron chi connectivity index (χ3n) is 6.34. The highest BCUT2D eigenvalue weighted by Gasteiger charge is 2.34. The third-order valence-corrected chi connectivity index (χ3v) is 7.35. The monoisotopic (exact) mass is 541 g/mol. The Morgan fingerprint density at radius 3 is 2.68 bits per heavy atom. The molecule has 0 bridgehead atoms. The fourth-order valence-electron chi connectivity index (χ4n) is 4.40. The molecule has 5 rings (SSSR count). The summed E-state index contributed by atoms with van der Waals surface area (Å²) >= 11 is 1.56. The summed E-state index contributed by atoms with van der Waals surface area (Å²) in [7, 11) is 1.53. The molecule has 10 heteroatoms. The summed E-state index contributed by atoms with van der Waals surface area (Å²) in [6.45, 7) is 2.12. The van der Waals surface area contributed by atoms with E-state index in [-0.39, 0.29) is 38.1 Å². The maximum absolute atomic E-state index is 14.8. The molecule has 1 atom stereocenters. The maximum Gasteiger partial charge on any atom is 0.303 e. The van der Waals surface area contributed by atoms with Crippen LogP contribution < -0.4 is 9.47 Å². The number of hydrogen-bond acceptors (Lipinski definition) is 6. The van der Waals surface area contributed by atoms with E-state index >= 15 is 0 Å². The van der Waals surface area contributed by atoms with Crippen LogP contribution in [0.15, 0.2) is 54.6 Å². The van der Waals surface area contributed by atoms with E-state index in [2.05, 4.69) is 10.3 Å². The molecule has 1 aliphatic rings. The van der Waals surface area contributed by atoms with Gasteiger partial charge >= 0.3 is 5.97 Å². The number of rotatable bonds is 10. The summed E-state index contributed by atoms with van der Waals surface area (Å²) in [5.41, 5.74) is 2.41. The fourth-order valence-corrected chi connectivity index (χ4v) is 5.32. The minimum Gasteiger partial charge on any atom is -0.497 e. The van der Waals surface area contributed by atoms with Gasteiger partial charge in [0.25, 0.3) is 0 Å². The predicted molar refractivity (Wildman–Crippen MR) is 145 cm³/mol. The van der Waals surface area contributed by atoms with Gasteiger partial charge in [-0.15, -0.1) is 16.4 Å². The normalized spacial score (nSPS) is 13.6. The van der Waals surface area contributed by atoms with Crippen molar-refractivity contribution in [2.45, 2.75) is 38.7 Å². The first-order valence-corrected chi connectivity index (χ1v) is 12.5. The van der Waals surface area contributed by atoms with Crippen LogP contribution in [0.3, 0.4) is 0 Å². The Kier molecular flexibility index (Phi) is 8.19. The van der Waals surface area contributed by atoms with Crippen molar-refractivity contribution in [3.8, 4) is 27.8 Å². The Morgan fingerprint density at radius 1 is 1.19 bits per heavy atom. The second-order valence-electron chi connectivity index (χ2n) is 8.93. The van der Waals surface area contributed by atoms with Crippen molar-refractivity contribution in [3.05, 3.63) is 76.5 Å². The molecule has 0 spiro atoms. The molecule has 1 fully saturated rings. The molecule has 194 valence electrons. The van der Waals surface area contributed by atoms with Crippen molar-refractivity contribution in [1.82, 2.24) is 15.0 Å². The van der Waals surface area contributed by atoms with E-state index in [1.54, 1.807) is 23.5 Å². The van der Waals surface area contributed by atoms with Crippen molar-refractivity contribution >= 4 is 30.8 Å². The molecule has 1 N–H and O–H groups in total. The van der Waals surface area contributed by atoms with Crippen molar-refractivity contribution in [3.63, 3.8) is 0 Å². The van der Waals surface area contributed by atoms with Gasteiger partial charge in [-0.25, -0.2) is 9.07 Å². The second-order valence-corrected chi connectivity index (χ2v) is 10.2. The van der Waals surface area contributed by atoms with E-state index in [0.29, 0.717) is 28.8 Å². The van der Waals surface area contributed by atoms with Crippen LogP contribution in [-0.4, -0.2) is 33.2 Å². The van der Waals surface area contributed by atoms with Crippen LogP contribution in [0.2, 0.25) is 0 Å². The maximum atomic E-state index is 14.8. The van der Waals surface area contributed by atoms with E-state index < -0.39 is 11.8 Å². The third kappa shape index (κ3) is 5.97. The number of carboxylic acid groups (broad SMARTS) is 1. The first-order chi connectivity index (χ1) is 17.4. The van der Waals surface area contributed by atoms with Gasteiger partial charge in [-0.3, -0.25) is 4.79 Å². The zero-order valence-electron chi connectivity index (χ0n) is 20.5. The Hall–Kier alpha value is -3.37. The van der Waals surface area contributed by atoms with Crippen LogP contribution in [0.1, 0.15) is 41.3 Å². The highest BCUT2D eigenvalue weighted by molar-refractivity contribution is 7.59. The average Bonchev–Trinajstić information content (AvgIpc) is 3.49. The molecule has 2 aromatic heterocycles. The lowest BCUT2D eigenvalue weighted by molar-refractivity contribution is -0.137. The number of methoxy groups -OCH3 is 1. The summed E-state index contributed by atoms with van der Waals surface area (Å²) in [6, 6.07) is 16.0. The molecular formula is C27H28FN3O4S2. The number of halogens is 1. The van der Waals surface area contributed by atoms with Crippen LogP contribution >= 0.6 is 24.8 Å². The molecular weight excluding hydrogens is 513 g/mol.